The first-order valence-electron chi connectivity index (χ1n) is 20.9. The molecule has 2 bridgehead atoms. The number of carbonyl (C=O) groups excluding carboxylic acids is 6. The van der Waals surface area contributed by atoms with Gasteiger partial charge in [-0.25, -0.2) is 9.59 Å². The standard InChI is InChI=1S/C43H65NO15/c1-21(2)17-26(44-38(52)59-39(6,7)8)31(48)37(51)56-27-19-43(53)35(57-36(50)25-15-13-12-14-16-25)33-41(11,28(47)18-29-42(33,20-54-29)58-24(5)46)34(49)32(55-23(4)45)30(22(27)3)40(43,9)10/h21,25-29,31-33,35,47-48,53H,12-20H2,1-11H3,(H,44,52)/t26-,27-,28-,29+,31+,32+,33?,35?,41+,42-,43+/m0/s1. The summed E-state index contributed by atoms with van der Waals surface area (Å²) in [6.07, 6.45) is -7.21. The summed E-state index contributed by atoms with van der Waals surface area (Å²) in [5, 5.41) is 39.7. The molecule has 0 aromatic carbocycles. The predicted octanol–water partition coefficient (Wildman–Crippen LogP) is 3.77. The highest BCUT2D eigenvalue weighted by Gasteiger charge is 2.78. The van der Waals surface area contributed by atoms with Gasteiger partial charge in [0.15, 0.2) is 23.6 Å². The van der Waals surface area contributed by atoms with E-state index in [1.807, 2.05) is 13.8 Å². The van der Waals surface area contributed by atoms with Gasteiger partial charge in [-0.15, -0.1) is 0 Å². The highest BCUT2D eigenvalue weighted by Crippen LogP contribution is 2.64. The Bertz CT molecular complexity index is 1710. The van der Waals surface area contributed by atoms with Gasteiger partial charge < -0.3 is 49.1 Å². The number of aliphatic hydroxyl groups excluding tert-OH is 2. The molecule has 0 aromatic rings. The van der Waals surface area contributed by atoms with Crippen LogP contribution in [0.1, 0.15) is 128 Å². The van der Waals surface area contributed by atoms with Gasteiger partial charge in [0.25, 0.3) is 0 Å². The maximum Gasteiger partial charge on any atom is 0.407 e. The molecule has 16 nitrogen and oxygen atoms in total. The lowest BCUT2D eigenvalue weighted by atomic mass is 9.44. The van der Waals surface area contributed by atoms with E-state index >= 15 is 4.79 Å². The minimum Gasteiger partial charge on any atom is -0.459 e. The second kappa shape index (κ2) is 16.7. The van der Waals surface area contributed by atoms with Crippen molar-refractivity contribution in [3.8, 4) is 0 Å². The van der Waals surface area contributed by atoms with E-state index in [0.29, 0.717) is 12.8 Å². The number of fused-ring (bicyclic) bond motifs is 5. The fourth-order valence-electron chi connectivity index (χ4n) is 10.4. The van der Waals surface area contributed by atoms with E-state index in [-0.39, 0.29) is 36.5 Å². The summed E-state index contributed by atoms with van der Waals surface area (Å²) in [4.78, 5) is 82.5. The number of rotatable bonds is 10. The molecule has 3 saturated carbocycles. The SMILES string of the molecule is CC(=O)O[C@H]1C(=O)[C@@]2(C)C(C(OC(=O)C3CCCCC3)[C@]3(O)C[C@H](OC(=O)[C@H](O)[C@H](CC(C)C)NC(=O)OC(C)(C)C)C(C)=C1C3(C)C)[C@]1(OC(C)=O)CO[C@@H]1C[C@@H]2O. The van der Waals surface area contributed by atoms with Crippen molar-refractivity contribution in [1.82, 2.24) is 5.32 Å². The molecule has 5 aliphatic rings. The molecule has 59 heavy (non-hydrogen) atoms. The molecule has 4 fully saturated rings. The minimum absolute atomic E-state index is 0.0449. The summed E-state index contributed by atoms with van der Waals surface area (Å²) in [6, 6.07) is -1.16. The monoisotopic (exact) mass is 835 g/mol. The number of alkyl carbamates (subject to hydrolysis) is 1. The van der Waals surface area contributed by atoms with Crippen LogP contribution in [0.2, 0.25) is 0 Å². The quantitative estimate of drug-likeness (QED) is 0.139. The van der Waals surface area contributed by atoms with Gasteiger partial charge in [0.1, 0.15) is 29.5 Å². The molecule has 1 aliphatic heterocycles. The van der Waals surface area contributed by atoms with Crippen LogP contribution in [-0.4, -0.2) is 117 Å². The van der Waals surface area contributed by atoms with Gasteiger partial charge in [-0.3, -0.25) is 19.2 Å². The van der Waals surface area contributed by atoms with Crippen LogP contribution < -0.4 is 5.32 Å². The number of carbonyl (C=O) groups is 6. The fourth-order valence-corrected chi connectivity index (χ4v) is 10.4. The van der Waals surface area contributed by atoms with Crippen LogP contribution in [0.25, 0.3) is 0 Å². The number of Topliss-reactive ketones (excluding diaryl/α,β-unsaturated/α-hetero) is 1. The number of ether oxygens (including phenoxy) is 6. The molecular formula is C43H65NO15. The Labute approximate surface area is 346 Å². The number of esters is 4. The Hall–Kier alpha value is -3.60. The van der Waals surface area contributed by atoms with Gasteiger partial charge in [0, 0.05) is 32.1 Å². The van der Waals surface area contributed by atoms with Crippen LogP contribution >= 0.6 is 0 Å². The second-order valence-corrected chi connectivity index (χ2v) is 19.5. The maximum absolute atomic E-state index is 15.4. The van der Waals surface area contributed by atoms with Gasteiger partial charge in [-0.1, -0.05) is 47.0 Å². The zero-order chi connectivity index (χ0) is 44.2. The lowest BCUT2D eigenvalue weighted by Crippen LogP contribution is -2.82. The molecule has 4 N–H and O–H groups in total. The molecular weight excluding hydrogens is 770 g/mol. The lowest BCUT2D eigenvalue weighted by Gasteiger charge is -2.67. The maximum atomic E-state index is 15.4. The molecule has 0 radical (unpaired) electrons. The van der Waals surface area contributed by atoms with Gasteiger partial charge in [-0.2, -0.15) is 0 Å². The number of amides is 1. The summed E-state index contributed by atoms with van der Waals surface area (Å²) in [5.41, 5.74) is -8.21. The largest absolute Gasteiger partial charge is 0.459 e. The van der Waals surface area contributed by atoms with Crippen LogP contribution in [0.3, 0.4) is 0 Å². The van der Waals surface area contributed by atoms with E-state index in [9.17, 15) is 39.3 Å². The van der Waals surface area contributed by atoms with E-state index in [1.165, 1.54) is 13.8 Å². The van der Waals surface area contributed by atoms with E-state index in [2.05, 4.69) is 5.32 Å². The van der Waals surface area contributed by atoms with Crippen molar-refractivity contribution in [2.45, 2.75) is 187 Å². The van der Waals surface area contributed by atoms with Crippen molar-refractivity contribution in [3.05, 3.63) is 11.1 Å². The van der Waals surface area contributed by atoms with E-state index in [1.54, 1.807) is 41.5 Å². The average molecular weight is 836 g/mol. The first kappa shape index (κ1) is 46.5. The van der Waals surface area contributed by atoms with Crippen LogP contribution in [-0.2, 0) is 52.4 Å². The number of hydrogen-bond acceptors (Lipinski definition) is 15. The average Bonchev–Trinajstić information content (AvgIpc) is 3.11. The Morgan fingerprint density at radius 1 is 0.966 bits per heavy atom. The van der Waals surface area contributed by atoms with Crippen LogP contribution in [0.15, 0.2) is 11.1 Å². The smallest absolute Gasteiger partial charge is 0.407 e. The van der Waals surface area contributed by atoms with Crippen molar-refractivity contribution >= 4 is 35.8 Å². The van der Waals surface area contributed by atoms with Crippen molar-refractivity contribution in [2.24, 2.45) is 28.6 Å². The molecule has 16 heteroatoms. The molecule has 332 valence electrons. The van der Waals surface area contributed by atoms with Crippen molar-refractivity contribution in [1.29, 1.82) is 0 Å². The van der Waals surface area contributed by atoms with Crippen molar-refractivity contribution < 1.29 is 72.5 Å². The second-order valence-electron chi connectivity index (χ2n) is 19.5. The van der Waals surface area contributed by atoms with Crippen LogP contribution in [0.4, 0.5) is 4.79 Å². The summed E-state index contributed by atoms with van der Waals surface area (Å²) in [5.74, 6) is -6.39. The molecule has 1 heterocycles. The molecule has 0 spiro atoms. The van der Waals surface area contributed by atoms with E-state index in [0.717, 1.165) is 26.2 Å². The van der Waals surface area contributed by atoms with Crippen LogP contribution in [0, 0.1) is 28.6 Å². The highest BCUT2D eigenvalue weighted by atomic mass is 16.6. The molecule has 5 rings (SSSR count). The summed E-state index contributed by atoms with van der Waals surface area (Å²) in [6.45, 7) is 16.9. The Morgan fingerprint density at radius 3 is 2.12 bits per heavy atom. The Morgan fingerprint density at radius 2 is 1.59 bits per heavy atom. The minimum atomic E-state index is -2.30. The Balaban J connectivity index is 1.70. The molecule has 1 amide bonds. The van der Waals surface area contributed by atoms with Gasteiger partial charge in [0.05, 0.1) is 36.0 Å². The zero-order valence-corrected chi connectivity index (χ0v) is 36.4. The topological polar surface area (TPSA) is 231 Å². The van der Waals surface area contributed by atoms with E-state index in [4.69, 9.17) is 28.4 Å². The summed E-state index contributed by atoms with van der Waals surface area (Å²) < 4.78 is 35.8. The zero-order valence-electron chi connectivity index (χ0n) is 36.4. The molecule has 4 aliphatic carbocycles. The van der Waals surface area contributed by atoms with E-state index < -0.39 is 124 Å². The molecule has 0 aromatic heterocycles. The normalized spacial score (nSPS) is 35.3. The molecule has 2 unspecified atom stereocenters. The number of ketones is 1. The van der Waals surface area contributed by atoms with Gasteiger partial charge in [0.2, 0.25) is 0 Å². The van der Waals surface area contributed by atoms with Crippen molar-refractivity contribution in [3.63, 3.8) is 0 Å². The van der Waals surface area contributed by atoms with Crippen molar-refractivity contribution in [2.75, 3.05) is 6.61 Å². The van der Waals surface area contributed by atoms with Gasteiger partial charge in [-0.05, 0) is 70.9 Å². The Kier molecular flexibility index (Phi) is 13.1. The number of aliphatic hydroxyl groups is 3. The third-order valence-corrected chi connectivity index (χ3v) is 13.4. The first-order chi connectivity index (χ1) is 27.2. The lowest BCUT2D eigenvalue weighted by molar-refractivity contribution is -0.347. The molecule has 11 atom stereocenters. The fraction of sp³-hybridized carbons (Fsp3) is 0.814. The number of nitrogens with one attached hydrogen (secondary N) is 1. The third kappa shape index (κ3) is 8.52. The molecule has 1 saturated heterocycles. The predicted molar refractivity (Wildman–Crippen MR) is 208 cm³/mol. The summed E-state index contributed by atoms with van der Waals surface area (Å²) >= 11 is 0. The van der Waals surface area contributed by atoms with Gasteiger partial charge >= 0.3 is 30.0 Å². The first-order valence-corrected chi connectivity index (χ1v) is 20.9. The third-order valence-electron chi connectivity index (χ3n) is 13.4. The number of hydrogen-bond donors (Lipinski definition) is 4. The highest BCUT2D eigenvalue weighted by molar-refractivity contribution is 5.95. The summed E-state index contributed by atoms with van der Waals surface area (Å²) in [7, 11) is 0. The van der Waals surface area contributed by atoms with Crippen LogP contribution in [0.5, 0.6) is 0 Å².